The van der Waals surface area contributed by atoms with E-state index in [1.54, 1.807) is 60.7 Å². The van der Waals surface area contributed by atoms with Crippen molar-refractivity contribution in [1.29, 1.82) is 0 Å². The molecule has 2 heterocycles. The molecule has 6 aromatic rings. The molecular formula is C42H44N10O10. The number of hydrazone groups is 2. The lowest BCUT2D eigenvalue weighted by Gasteiger charge is -2.20. The maximum absolute atomic E-state index is 13.3. The summed E-state index contributed by atoms with van der Waals surface area (Å²) in [5.74, 6) is -1.65. The first-order valence-electron chi connectivity index (χ1n) is 19.3. The Labute approximate surface area is 352 Å². The largest absolute Gasteiger partial charge is 0.496 e. The van der Waals surface area contributed by atoms with Gasteiger partial charge in [-0.25, -0.2) is 9.59 Å². The fourth-order valence-corrected chi connectivity index (χ4v) is 6.13. The first kappa shape index (κ1) is 43.4. The van der Waals surface area contributed by atoms with Crippen molar-refractivity contribution in [2.75, 3.05) is 48.9 Å². The molecular weight excluding hydrogens is 805 g/mol. The van der Waals surface area contributed by atoms with Crippen molar-refractivity contribution >= 4 is 79.6 Å². The average Bonchev–Trinajstić information content (AvgIpc) is 3.81. The number of carbonyl (C=O) groups is 4. The number of ketones is 2. The van der Waals surface area contributed by atoms with Crippen LogP contribution in [0.1, 0.15) is 40.5 Å². The number of H-pyrrole nitrogens is 4. The number of amides is 2. The van der Waals surface area contributed by atoms with Gasteiger partial charge < -0.3 is 49.5 Å². The first-order valence-corrected chi connectivity index (χ1v) is 19.3. The third-order valence-corrected chi connectivity index (χ3v) is 9.04. The van der Waals surface area contributed by atoms with Gasteiger partial charge in [0.25, 0.3) is 11.8 Å². The fraction of sp³-hybridized carbons (Fsp3) is 0.238. The summed E-state index contributed by atoms with van der Waals surface area (Å²) in [6.45, 7) is 6.84. The zero-order valence-corrected chi connectivity index (χ0v) is 34.6. The molecule has 322 valence electrons. The molecule has 0 spiro atoms. The van der Waals surface area contributed by atoms with Gasteiger partial charge in [-0.05, 0) is 61.4 Å². The monoisotopic (exact) mass is 848 g/mol. The Kier molecular flexibility index (Phi) is 13.5. The molecule has 0 saturated carbocycles. The molecule has 0 fully saturated rings. The highest BCUT2D eigenvalue weighted by Gasteiger charge is 2.23. The molecule has 2 aromatic heterocycles. The molecule has 0 atom stereocenters. The summed E-state index contributed by atoms with van der Waals surface area (Å²) in [6, 6.07) is 16.0. The van der Waals surface area contributed by atoms with E-state index in [0.29, 0.717) is 93.6 Å². The summed E-state index contributed by atoms with van der Waals surface area (Å²) in [5.41, 5.74) is 8.07. The van der Waals surface area contributed by atoms with E-state index in [1.165, 1.54) is 28.1 Å². The topological polar surface area (TPSA) is 275 Å². The number of ether oxygens (including phenoxy) is 4. The highest BCUT2D eigenvalue weighted by Crippen LogP contribution is 2.46. The van der Waals surface area contributed by atoms with Crippen molar-refractivity contribution in [3.05, 3.63) is 81.6 Å². The van der Waals surface area contributed by atoms with Gasteiger partial charge in [-0.15, -0.1) is 0 Å². The van der Waals surface area contributed by atoms with Crippen molar-refractivity contribution in [3.8, 4) is 34.1 Å². The Morgan fingerprint density at radius 1 is 0.548 bits per heavy atom. The molecule has 0 bridgehead atoms. The maximum Gasteiger partial charge on any atom is 0.323 e. The molecule has 6 rings (SSSR count). The van der Waals surface area contributed by atoms with Crippen LogP contribution >= 0.6 is 0 Å². The van der Waals surface area contributed by atoms with Crippen LogP contribution in [0.4, 0.5) is 22.7 Å². The standard InChI is InChI=1S/C42H44N10O10/c1-7-13-61-35-17-25(33(59-5)19-31(35)49-51-37(21(3)53)39(55)43-23-9-11-27-29(15-23)47-41(57)45-27)26-18-36(62-14-8-2)32(20-34(26)60-6)50-52-38(22(4)54)40(56)44-24-10-12-28-30(16-24)48-42(58)46-28/h9-12,15-20,49-50H,7-8,13-14H2,1-6H3,(H,43,55)(H,44,56)(H2,45,47,57)(H2,46,48,58)/b51-37+,52-38+. The number of nitrogens with zero attached hydrogens (tertiary/aromatic N) is 2. The zero-order valence-electron chi connectivity index (χ0n) is 34.6. The summed E-state index contributed by atoms with van der Waals surface area (Å²) >= 11 is 0. The average molecular weight is 849 g/mol. The SMILES string of the molecule is CCCOc1cc(-c2cc(OCCC)c(N/N=C(\C(C)=O)C(=O)Nc3ccc4[nH]c(=O)[nH]c4c3)cc2OC)c(OC)cc1N/N=C(\C(C)=O)C(=O)Nc1ccc2[nH]c(=O)[nH]c2c1. The number of imidazole rings is 2. The lowest BCUT2D eigenvalue weighted by molar-refractivity contribution is -0.116. The number of anilines is 4. The molecule has 20 nitrogen and oxygen atoms in total. The van der Waals surface area contributed by atoms with Crippen LogP contribution in [0.15, 0.2) is 80.5 Å². The molecule has 0 aliphatic carbocycles. The van der Waals surface area contributed by atoms with Gasteiger partial charge in [0.15, 0.2) is 23.0 Å². The summed E-state index contributed by atoms with van der Waals surface area (Å²) in [6.07, 6.45) is 1.29. The van der Waals surface area contributed by atoms with Crippen LogP contribution in [-0.4, -0.2) is 82.2 Å². The van der Waals surface area contributed by atoms with Crippen LogP contribution in [0, 0.1) is 0 Å². The number of hydrogen-bond acceptors (Lipinski definition) is 14. The van der Waals surface area contributed by atoms with Crippen LogP contribution in [-0.2, 0) is 19.2 Å². The number of fused-ring (bicyclic) bond motifs is 2. The van der Waals surface area contributed by atoms with Crippen LogP contribution < -0.4 is 51.8 Å². The summed E-state index contributed by atoms with van der Waals surface area (Å²) in [7, 11) is 2.91. The summed E-state index contributed by atoms with van der Waals surface area (Å²) in [5, 5.41) is 13.6. The maximum atomic E-state index is 13.3. The van der Waals surface area contributed by atoms with Gasteiger partial charge in [0.1, 0.15) is 34.4 Å². The van der Waals surface area contributed by atoms with Gasteiger partial charge in [-0.1, -0.05) is 13.8 Å². The number of rotatable bonds is 19. The highest BCUT2D eigenvalue weighted by atomic mass is 16.5. The molecule has 0 saturated heterocycles. The molecule has 4 aromatic carbocycles. The van der Waals surface area contributed by atoms with E-state index < -0.39 is 46.2 Å². The number of nitrogens with one attached hydrogen (secondary N) is 8. The van der Waals surface area contributed by atoms with Gasteiger partial charge in [0.2, 0.25) is 0 Å². The zero-order chi connectivity index (χ0) is 44.5. The van der Waals surface area contributed by atoms with E-state index in [2.05, 4.69) is 51.6 Å². The number of methoxy groups -OCH3 is 2. The highest BCUT2D eigenvalue weighted by molar-refractivity contribution is 6.67. The van der Waals surface area contributed by atoms with Gasteiger partial charge >= 0.3 is 11.4 Å². The third kappa shape index (κ3) is 9.99. The van der Waals surface area contributed by atoms with Crippen molar-refractivity contribution < 1.29 is 38.1 Å². The second-order valence-corrected chi connectivity index (χ2v) is 13.6. The van der Waals surface area contributed by atoms with Gasteiger partial charge in [-0.2, -0.15) is 10.2 Å². The van der Waals surface area contributed by atoms with Crippen molar-refractivity contribution in [2.45, 2.75) is 40.5 Å². The summed E-state index contributed by atoms with van der Waals surface area (Å²) < 4.78 is 23.9. The number of hydrogen-bond donors (Lipinski definition) is 8. The number of Topliss-reactive ketones (excluding diaryl/α,β-unsaturated/α-hetero) is 2. The Morgan fingerprint density at radius 3 is 1.29 bits per heavy atom. The van der Waals surface area contributed by atoms with Crippen molar-refractivity contribution in [2.24, 2.45) is 10.2 Å². The quantitative estimate of drug-likeness (QED) is 0.0294. The number of aromatic nitrogens is 4. The lowest BCUT2D eigenvalue weighted by atomic mass is 10.0. The minimum absolute atomic E-state index is 0.266. The molecule has 8 N–H and O–H groups in total. The van der Waals surface area contributed by atoms with E-state index in [9.17, 15) is 28.8 Å². The molecule has 0 aliphatic rings. The van der Waals surface area contributed by atoms with Gasteiger partial charge in [0.05, 0.1) is 49.5 Å². The number of benzene rings is 4. The Balaban J connectivity index is 1.32. The second kappa shape index (κ2) is 19.3. The van der Waals surface area contributed by atoms with Crippen LogP contribution in [0.2, 0.25) is 0 Å². The van der Waals surface area contributed by atoms with Crippen LogP contribution in [0.5, 0.6) is 23.0 Å². The minimum atomic E-state index is -0.798. The smallest absolute Gasteiger partial charge is 0.323 e. The Morgan fingerprint density at radius 2 is 0.935 bits per heavy atom. The molecule has 2 amide bonds. The molecule has 0 aliphatic heterocycles. The fourth-order valence-electron chi connectivity index (χ4n) is 6.13. The second-order valence-electron chi connectivity index (χ2n) is 13.6. The molecule has 62 heavy (non-hydrogen) atoms. The molecule has 0 radical (unpaired) electrons. The van der Waals surface area contributed by atoms with Crippen LogP contribution in [0.25, 0.3) is 33.2 Å². The van der Waals surface area contributed by atoms with E-state index >= 15 is 0 Å². The number of aromatic amines is 4. The van der Waals surface area contributed by atoms with E-state index in [4.69, 9.17) is 18.9 Å². The first-order chi connectivity index (χ1) is 29.8. The van der Waals surface area contributed by atoms with Crippen LogP contribution in [0.3, 0.4) is 0 Å². The van der Waals surface area contributed by atoms with E-state index in [0.717, 1.165) is 0 Å². The predicted molar refractivity (Wildman–Crippen MR) is 235 cm³/mol. The number of carbonyl (C=O) groups excluding carboxylic acids is 4. The van der Waals surface area contributed by atoms with Gasteiger partial charge in [-0.3, -0.25) is 30.0 Å². The van der Waals surface area contributed by atoms with Crippen molar-refractivity contribution in [3.63, 3.8) is 0 Å². The van der Waals surface area contributed by atoms with E-state index in [1.807, 2.05) is 13.8 Å². The Bertz CT molecular complexity index is 2670. The molecule has 20 heteroatoms. The third-order valence-electron chi connectivity index (χ3n) is 9.04. The summed E-state index contributed by atoms with van der Waals surface area (Å²) in [4.78, 5) is 85.8. The minimum Gasteiger partial charge on any atom is -0.496 e. The Hall–Kier alpha value is -8.16. The lowest BCUT2D eigenvalue weighted by Crippen LogP contribution is -2.29. The normalized spacial score (nSPS) is 11.6. The van der Waals surface area contributed by atoms with Gasteiger partial charge in [0, 0.05) is 48.5 Å². The molecule has 0 unspecified atom stereocenters. The predicted octanol–water partition coefficient (Wildman–Crippen LogP) is 5.28. The van der Waals surface area contributed by atoms with E-state index in [-0.39, 0.29) is 11.4 Å². The van der Waals surface area contributed by atoms with Crippen molar-refractivity contribution in [1.82, 2.24) is 19.9 Å².